The number of anilines is 2. The Morgan fingerprint density at radius 1 is 1.30 bits per heavy atom. The third-order valence-corrected chi connectivity index (χ3v) is 5.90. The van der Waals surface area contributed by atoms with Crippen molar-refractivity contribution in [3.63, 3.8) is 0 Å². The molecule has 3 heterocycles. The maximum absolute atomic E-state index is 13.2. The molecular formula is C20H22ClN5O4. The normalized spacial score (nSPS) is 16.0. The van der Waals surface area contributed by atoms with E-state index >= 15 is 0 Å². The molecule has 0 spiro atoms. The molecule has 2 aromatic heterocycles. The zero-order chi connectivity index (χ0) is 21.7. The molecule has 0 radical (unpaired) electrons. The van der Waals surface area contributed by atoms with E-state index in [1.807, 2.05) is 34.6 Å². The fourth-order valence-electron chi connectivity index (χ4n) is 3.93. The molecule has 0 unspecified atom stereocenters. The molecule has 1 aromatic carbocycles. The van der Waals surface area contributed by atoms with Gasteiger partial charge in [0, 0.05) is 30.8 Å². The number of halogens is 1. The van der Waals surface area contributed by atoms with Crippen LogP contribution >= 0.6 is 11.6 Å². The summed E-state index contributed by atoms with van der Waals surface area (Å²) < 4.78 is 8.63. The minimum atomic E-state index is -0.670. The Kier molecular flexibility index (Phi) is 4.93. The number of carbonyl (C=O) groups is 1. The van der Waals surface area contributed by atoms with E-state index in [9.17, 15) is 14.4 Å². The lowest BCUT2D eigenvalue weighted by atomic mass is 10.1. The van der Waals surface area contributed by atoms with Gasteiger partial charge in [-0.2, -0.15) is 4.98 Å². The van der Waals surface area contributed by atoms with Gasteiger partial charge in [0.05, 0.1) is 7.11 Å². The molecule has 1 aliphatic heterocycles. The van der Waals surface area contributed by atoms with E-state index in [1.165, 1.54) is 18.7 Å². The Morgan fingerprint density at radius 3 is 2.73 bits per heavy atom. The maximum Gasteiger partial charge on any atom is 0.333 e. The number of hydrogen-bond donors (Lipinski definition) is 0. The number of methoxy groups -OCH3 is 1. The number of benzene rings is 1. The molecule has 158 valence electrons. The number of imidazole rings is 1. The number of nitrogens with zero attached hydrogens (tertiary/aromatic N) is 5. The second kappa shape index (κ2) is 7.32. The molecule has 0 fully saturated rings. The average Bonchev–Trinajstić information content (AvgIpc) is 3.10. The van der Waals surface area contributed by atoms with Crippen LogP contribution in [0.2, 0.25) is 5.02 Å². The minimum Gasteiger partial charge on any atom is -0.468 e. The van der Waals surface area contributed by atoms with Gasteiger partial charge >= 0.3 is 11.7 Å². The molecule has 0 N–H and O–H groups in total. The summed E-state index contributed by atoms with van der Waals surface area (Å²) in [4.78, 5) is 44.3. The monoisotopic (exact) mass is 431 g/mol. The third kappa shape index (κ3) is 3.00. The summed E-state index contributed by atoms with van der Waals surface area (Å²) in [5.74, 6) is 0.104. The van der Waals surface area contributed by atoms with Gasteiger partial charge in [-0.15, -0.1) is 0 Å². The molecule has 9 nitrogen and oxygen atoms in total. The zero-order valence-electron chi connectivity index (χ0n) is 17.2. The summed E-state index contributed by atoms with van der Waals surface area (Å²) in [5, 5.41) is 0.640. The Morgan fingerprint density at radius 2 is 2.03 bits per heavy atom. The quantitative estimate of drug-likeness (QED) is 0.587. The number of esters is 1. The zero-order valence-corrected chi connectivity index (χ0v) is 17.9. The van der Waals surface area contributed by atoms with Gasteiger partial charge in [0.1, 0.15) is 6.54 Å². The van der Waals surface area contributed by atoms with Gasteiger partial charge in [-0.1, -0.05) is 24.6 Å². The van der Waals surface area contributed by atoms with Crippen molar-refractivity contribution < 1.29 is 9.53 Å². The lowest BCUT2D eigenvalue weighted by Gasteiger charge is -2.34. The van der Waals surface area contributed by atoms with E-state index in [0.717, 1.165) is 15.8 Å². The first kappa shape index (κ1) is 20.2. The molecule has 10 heteroatoms. The van der Waals surface area contributed by atoms with Crippen molar-refractivity contribution in [2.24, 2.45) is 13.0 Å². The first-order chi connectivity index (χ1) is 14.2. The average molecular weight is 432 g/mol. The first-order valence-corrected chi connectivity index (χ1v) is 9.92. The largest absolute Gasteiger partial charge is 0.468 e. The Hall–Kier alpha value is -3.07. The van der Waals surface area contributed by atoms with Crippen molar-refractivity contribution in [3.8, 4) is 0 Å². The second-order valence-electron chi connectivity index (χ2n) is 7.60. The van der Waals surface area contributed by atoms with Gasteiger partial charge in [0.2, 0.25) is 5.95 Å². The predicted molar refractivity (Wildman–Crippen MR) is 114 cm³/mol. The molecule has 0 aliphatic carbocycles. The van der Waals surface area contributed by atoms with Crippen LogP contribution in [0.25, 0.3) is 11.2 Å². The Labute approximate surface area is 177 Å². The molecule has 30 heavy (non-hydrogen) atoms. The number of aromatic nitrogens is 4. The highest BCUT2D eigenvalue weighted by molar-refractivity contribution is 6.31. The van der Waals surface area contributed by atoms with Crippen LogP contribution < -0.4 is 16.1 Å². The number of hydrogen-bond acceptors (Lipinski definition) is 6. The van der Waals surface area contributed by atoms with Gasteiger partial charge in [0.15, 0.2) is 11.2 Å². The molecule has 3 aromatic rings. The van der Waals surface area contributed by atoms with E-state index in [0.29, 0.717) is 24.1 Å². The first-order valence-electron chi connectivity index (χ1n) is 9.54. The lowest BCUT2D eigenvalue weighted by molar-refractivity contribution is -0.141. The fraction of sp³-hybridized carbons (Fsp3) is 0.400. The van der Waals surface area contributed by atoms with Gasteiger partial charge in [-0.05, 0) is 30.5 Å². The van der Waals surface area contributed by atoms with Gasteiger partial charge in [0.25, 0.3) is 5.56 Å². The van der Waals surface area contributed by atoms with Crippen molar-refractivity contribution in [2.45, 2.75) is 26.9 Å². The van der Waals surface area contributed by atoms with Crippen LogP contribution in [0, 0.1) is 12.8 Å². The van der Waals surface area contributed by atoms with Crippen LogP contribution in [0.3, 0.4) is 0 Å². The topological polar surface area (TPSA) is 91.4 Å². The van der Waals surface area contributed by atoms with E-state index < -0.39 is 23.8 Å². The van der Waals surface area contributed by atoms with Gasteiger partial charge in [-0.25, -0.2) is 9.36 Å². The highest BCUT2D eigenvalue weighted by Gasteiger charge is 2.30. The second-order valence-corrected chi connectivity index (χ2v) is 8.01. The van der Waals surface area contributed by atoms with Crippen molar-refractivity contribution in [3.05, 3.63) is 49.6 Å². The van der Waals surface area contributed by atoms with Crippen LogP contribution in [0.4, 0.5) is 11.6 Å². The van der Waals surface area contributed by atoms with E-state index in [1.54, 1.807) is 0 Å². The van der Waals surface area contributed by atoms with Crippen molar-refractivity contribution in [2.75, 3.05) is 18.6 Å². The van der Waals surface area contributed by atoms with Crippen LogP contribution in [-0.2, 0) is 29.7 Å². The number of aryl methyl sites for hydroxylation is 1. The lowest BCUT2D eigenvalue weighted by Crippen LogP contribution is -2.42. The van der Waals surface area contributed by atoms with E-state index in [2.05, 4.69) is 16.6 Å². The van der Waals surface area contributed by atoms with Crippen molar-refractivity contribution in [1.82, 2.24) is 18.7 Å². The Balaban J connectivity index is 2.01. The summed E-state index contributed by atoms with van der Waals surface area (Å²) in [6, 6.07) is 5.65. The molecular weight excluding hydrogens is 410 g/mol. The molecule has 4 rings (SSSR count). The number of ether oxygens (including phenoxy) is 1. The molecule has 0 amide bonds. The smallest absolute Gasteiger partial charge is 0.333 e. The SMILES string of the molecule is COC(=O)Cn1c(=O)c2c(nc3n2C[C@@H](C)CN3c2cccc(Cl)c2C)n(C)c1=O. The molecule has 0 saturated carbocycles. The highest BCUT2D eigenvalue weighted by atomic mass is 35.5. The fourth-order valence-corrected chi connectivity index (χ4v) is 4.10. The molecule has 1 atom stereocenters. The summed E-state index contributed by atoms with van der Waals surface area (Å²) in [6.45, 7) is 4.81. The van der Waals surface area contributed by atoms with Crippen LogP contribution in [0.1, 0.15) is 12.5 Å². The molecule has 0 bridgehead atoms. The molecule has 0 saturated heterocycles. The van der Waals surface area contributed by atoms with Gasteiger partial charge in [-0.3, -0.25) is 14.2 Å². The highest BCUT2D eigenvalue weighted by Crippen LogP contribution is 2.36. The standard InChI is InChI=1S/C20H22ClN5O4/c1-11-8-24(14-7-5-6-13(21)12(14)2)19-22-17-16(25(19)9-11)18(28)26(10-15(27)30-4)20(29)23(17)3/h5-7,11H,8-10H2,1-4H3/t11-/m0/s1. The van der Waals surface area contributed by atoms with Gasteiger partial charge < -0.3 is 14.2 Å². The summed E-state index contributed by atoms with van der Waals surface area (Å²) in [6.07, 6.45) is 0. The summed E-state index contributed by atoms with van der Waals surface area (Å²) in [7, 11) is 2.75. The molecule has 1 aliphatic rings. The van der Waals surface area contributed by atoms with Crippen LogP contribution in [0.15, 0.2) is 27.8 Å². The number of rotatable bonds is 3. The van der Waals surface area contributed by atoms with Crippen molar-refractivity contribution in [1.29, 1.82) is 0 Å². The van der Waals surface area contributed by atoms with E-state index in [4.69, 9.17) is 11.6 Å². The summed E-state index contributed by atoms with van der Waals surface area (Å²) >= 11 is 6.33. The predicted octanol–water partition coefficient (Wildman–Crippen LogP) is 1.82. The number of fused-ring (bicyclic) bond motifs is 3. The van der Waals surface area contributed by atoms with Crippen molar-refractivity contribution >= 4 is 40.4 Å². The minimum absolute atomic E-state index is 0.207. The van der Waals surface area contributed by atoms with Crippen LogP contribution in [-0.4, -0.2) is 38.3 Å². The van der Waals surface area contributed by atoms with E-state index in [-0.39, 0.29) is 17.1 Å². The third-order valence-electron chi connectivity index (χ3n) is 5.49. The number of carbonyl (C=O) groups excluding carboxylic acids is 1. The van der Waals surface area contributed by atoms with Crippen LogP contribution in [0.5, 0.6) is 0 Å². The maximum atomic E-state index is 13.2. The summed E-state index contributed by atoms with van der Waals surface area (Å²) in [5.41, 5.74) is 1.18. The Bertz CT molecular complexity index is 1290.